The van der Waals surface area contributed by atoms with Gasteiger partial charge in [0.05, 0.1) is 30.9 Å². The van der Waals surface area contributed by atoms with Gasteiger partial charge in [-0.1, -0.05) is 12.1 Å². The maximum Gasteiger partial charge on any atom is 0.252 e. The van der Waals surface area contributed by atoms with E-state index in [1.54, 1.807) is 31.6 Å². The van der Waals surface area contributed by atoms with Crippen LogP contribution in [0.15, 0.2) is 42.7 Å². The second kappa shape index (κ2) is 15.4. The number of piperazine rings is 1. The number of benzene rings is 2. The third-order valence-electron chi connectivity index (χ3n) is 7.24. The molecule has 2 aliphatic rings. The Morgan fingerprint density at radius 3 is 2.59 bits per heavy atom. The first kappa shape index (κ1) is 30.3. The molecule has 1 atom stereocenters. The summed E-state index contributed by atoms with van der Waals surface area (Å²) in [7, 11) is 1.69. The summed E-state index contributed by atoms with van der Waals surface area (Å²) in [6.45, 7) is 10.7. The Kier molecular flexibility index (Phi) is 11.4. The molecule has 0 aliphatic carbocycles. The fourth-order valence-corrected chi connectivity index (χ4v) is 5.20. The van der Waals surface area contributed by atoms with Gasteiger partial charge in [-0.25, -0.2) is 9.97 Å². The number of nitrogens with one attached hydrogen (secondary N) is 2. The fraction of sp³-hybridized carbons (Fsp3) is 0.516. The highest BCUT2D eigenvalue weighted by Crippen LogP contribution is 2.35. The molecule has 1 amide bonds. The van der Waals surface area contributed by atoms with Crippen molar-refractivity contribution in [1.82, 2.24) is 20.6 Å². The Labute approximate surface area is 243 Å². The van der Waals surface area contributed by atoms with Gasteiger partial charge >= 0.3 is 0 Å². The van der Waals surface area contributed by atoms with Crippen molar-refractivity contribution in [2.45, 2.75) is 45.6 Å². The van der Waals surface area contributed by atoms with E-state index in [2.05, 4.69) is 25.5 Å². The van der Waals surface area contributed by atoms with Crippen LogP contribution in [-0.2, 0) is 0 Å². The Morgan fingerprint density at radius 1 is 1.07 bits per heavy atom. The molecule has 3 aromatic rings. The number of anilines is 1. The van der Waals surface area contributed by atoms with Crippen LogP contribution in [0.3, 0.4) is 0 Å². The van der Waals surface area contributed by atoms with Crippen LogP contribution < -0.4 is 35.5 Å². The summed E-state index contributed by atoms with van der Waals surface area (Å²) in [5.41, 5.74) is 6.50. The lowest BCUT2D eigenvalue weighted by atomic mass is 9.95. The number of nitrogens with zero attached hydrogens (tertiary/aromatic N) is 3. The Balaban J connectivity index is 0.000000251. The molecule has 10 heteroatoms. The number of para-hydroxylation sites is 1. The van der Waals surface area contributed by atoms with Gasteiger partial charge < -0.3 is 35.5 Å². The van der Waals surface area contributed by atoms with Gasteiger partial charge in [-0.3, -0.25) is 4.79 Å². The first-order valence-corrected chi connectivity index (χ1v) is 14.6. The molecule has 0 radical (unpaired) electrons. The zero-order valence-corrected chi connectivity index (χ0v) is 24.5. The van der Waals surface area contributed by atoms with Crippen LogP contribution in [0.5, 0.6) is 17.2 Å². The number of carbonyl (C=O) groups is 1. The molecular weight excluding hydrogens is 520 g/mol. The van der Waals surface area contributed by atoms with Gasteiger partial charge in [0.25, 0.3) is 5.91 Å². The molecule has 5 rings (SSSR count). The molecule has 2 saturated heterocycles. The number of hydrogen-bond donors (Lipinski definition) is 3. The van der Waals surface area contributed by atoms with Crippen LogP contribution in [0, 0.1) is 5.92 Å². The predicted octanol–water partition coefficient (Wildman–Crippen LogP) is 3.78. The highest BCUT2D eigenvalue weighted by molar-refractivity contribution is 5.95. The van der Waals surface area contributed by atoms with Crippen molar-refractivity contribution in [3.05, 3.63) is 48.3 Å². The number of aromatic nitrogens is 2. The minimum absolute atomic E-state index is 0.0421. The molecular formula is C31H44N6O4. The zero-order chi connectivity index (χ0) is 29.0. The number of methoxy groups -OCH3 is 1. The molecule has 41 heavy (non-hydrogen) atoms. The SMILES string of the molecule is CC(C)Oc1ccccc1C(N)=O.COc1cc2c(N3CCNCC3)ncnc2cc1OCCCC1CCCNC1. The van der Waals surface area contributed by atoms with E-state index in [4.69, 9.17) is 19.9 Å². The largest absolute Gasteiger partial charge is 0.493 e. The number of piperidine rings is 1. The summed E-state index contributed by atoms with van der Waals surface area (Å²) in [5.74, 6) is 3.35. The maximum atomic E-state index is 10.9. The first-order chi connectivity index (χ1) is 20.0. The number of carbonyl (C=O) groups excluding carboxylic acids is 1. The monoisotopic (exact) mass is 564 g/mol. The number of rotatable bonds is 10. The molecule has 222 valence electrons. The number of hydrogen-bond acceptors (Lipinski definition) is 9. The van der Waals surface area contributed by atoms with Crippen LogP contribution in [0.1, 0.15) is 49.9 Å². The van der Waals surface area contributed by atoms with E-state index in [0.29, 0.717) is 17.9 Å². The minimum Gasteiger partial charge on any atom is -0.493 e. The smallest absolute Gasteiger partial charge is 0.252 e. The standard InChI is InChI=1S/C21H31N5O2.C10H13NO2/c1-27-19-12-17-18(24-15-25-21(17)26-9-7-22-8-10-26)13-20(19)28-11-3-5-16-4-2-6-23-14-16;1-7(2)13-9-6-4-3-5-8(9)10(11)12/h12-13,15-16,22-23H,2-11,14H2,1H3;3-7H,1-2H3,(H2,11,12). The molecule has 4 N–H and O–H groups in total. The number of nitrogens with two attached hydrogens (primary N) is 1. The fourth-order valence-electron chi connectivity index (χ4n) is 5.20. The van der Waals surface area contributed by atoms with Gasteiger partial charge in [-0.2, -0.15) is 0 Å². The average Bonchev–Trinajstić information content (AvgIpc) is 2.99. The minimum atomic E-state index is -0.462. The van der Waals surface area contributed by atoms with Crippen LogP contribution in [-0.4, -0.2) is 75.0 Å². The molecule has 10 nitrogen and oxygen atoms in total. The van der Waals surface area contributed by atoms with Crippen molar-refractivity contribution in [3.63, 3.8) is 0 Å². The lowest BCUT2D eigenvalue weighted by molar-refractivity contribution is 0.0994. The lowest BCUT2D eigenvalue weighted by Crippen LogP contribution is -2.44. The summed E-state index contributed by atoms with van der Waals surface area (Å²) in [5, 5.41) is 7.88. The topological polar surface area (TPSA) is 124 Å². The average molecular weight is 565 g/mol. The molecule has 2 aliphatic heterocycles. The van der Waals surface area contributed by atoms with Gasteiger partial charge in [0.1, 0.15) is 17.9 Å². The van der Waals surface area contributed by atoms with Crippen molar-refractivity contribution in [3.8, 4) is 17.2 Å². The zero-order valence-electron chi connectivity index (χ0n) is 24.5. The molecule has 2 aromatic carbocycles. The van der Waals surface area contributed by atoms with Crippen LogP contribution >= 0.6 is 0 Å². The normalized spacial score (nSPS) is 17.1. The third kappa shape index (κ3) is 8.68. The van der Waals surface area contributed by atoms with Crippen LogP contribution in [0.2, 0.25) is 0 Å². The van der Waals surface area contributed by atoms with Crippen LogP contribution in [0.4, 0.5) is 5.82 Å². The Hall–Kier alpha value is -3.63. The molecule has 0 bridgehead atoms. The van der Waals surface area contributed by atoms with E-state index in [0.717, 1.165) is 73.3 Å². The van der Waals surface area contributed by atoms with Crippen molar-refractivity contribution < 1.29 is 19.0 Å². The van der Waals surface area contributed by atoms with Crippen molar-refractivity contribution >= 4 is 22.6 Å². The summed E-state index contributed by atoms with van der Waals surface area (Å²) in [6.07, 6.45) is 6.57. The number of primary amides is 1. The van der Waals surface area contributed by atoms with Crippen LogP contribution in [0.25, 0.3) is 10.9 Å². The number of ether oxygens (including phenoxy) is 3. The lowest BCUT2D eigenvalue weighted by Gasteiger charge is -2.29. The molecule has 0 saturated carbocycles. The van der Waals surface area contributed by atoms with Gasteiger partial charge in [0, 0.05) is 37.6 Å². The maximum absolute atomic E-state index is 10.9. The summed E-state index contributed by atoms with van der Waals surface area (Å²) in [4.78, 5) is 22.3. The Bertz CT molecular complexity index is 1260. The molecule has 1 aromatic heterocycles. The second-order valence-electron chi connectivity index (χ2n) is 10.7. The summed E-state index contributed by atoms with van der Waals surface area (Å²) >= 11 is 0. The molecule has 0 spiro atoms. The van der Waals surface area contributed by atoms with Crippen molar-refractivity contribution in [2.75, 3.05) is 57.9 Å². The summed E-state index contributed by atoms with van der Waals surface area (Å²) in [6, 6.07) is 11.0. The van der Waals surface area contributed by atoms with Gasteiger partial charge in [0.2, 0.25) is 0 Å². The Morgan fingerprint density at radius 2 is 1.88 bits per heavy atom. The highest BCUT2D eigenvalue weighted by atomic mass is 16.5. The van der Waals surface area contributed by atoms with E-state index in [9.17, 15) is 4.79 Å². The first-order valence-electron chi connectivity index (χ1n) is 14.6. The van der Waals surface area contributed by atoms with E-state index in [-0.39, 0.29) is 6.10 Å². The quantitative estimate of drug-likeness (QED) is 0.316. The molecule has 1 unspecified atom stereocenters. The third-order valence-corrected chi connectivity index (χ3v) is 7.24. The second-order valence-corrected chi connectivity index (χ2v) is 10.7. The van der Waals surface area contributed by atoms with Gasteiger partial charge in [0.15, 0.2) is 11.5 Å². The highest BCUT2D eigenvalue weighted by Gasteiger charge is 2.18. The van der Waals surface area contributed by atoms with E-state index in [1.165, 1.54) is 25.8 Å². The van der Waals surface area contributed by atoms with E-state index >= 15 is 0 Å². The van der Waals surface area contributed by atoms with Gasteiger partial charge in [-0.05, 0) is 76.7 Å². The van der Waals surface area contributed by atoms with E-state index in [1.807, 2.05) is 32.0 Å². The van der Waals surface area contributed by atoms with Crippen molar-refractivity contribution in [2.24, 2.45) is 11.7 Å². The predicted molar refractivity (Wildman–Crippen MR) is 162 cm³/mol. The van der Waals surface area contributed by atoms with Gasteiger partial charge in [-0.15, -0.1) is 0 Å². The number of amides is 1. The van der Waals surface area contributed by atoms with Crippen molar-refractivity contribution in [1.29, 1.82) is 0 Å². The van der Waals surface area contributed by atoms with E-state index < -0.39 is 5.91 Å². The molecule has 3 heterocycles. The summed E-state index contributed by atoms with van der Waals surface area (Å²) < 4.78 is 17.1. The molecule has 2 fully saturated rings. The number of fused-ring (bicyclic) bond motifs is 1.